The van der Waals surface area contributed by atoms with Gasteiger partial charge in [-0.2, -0.15) is 0 Å². The molecular formula is C19H20N4O3. The average molecular weight is 352 g/mol. The minimum Gasteiger partial charge on any atom is -0.476 e. The van der Waals surface area contributed by atoms with Gasteiger partial charge >= 0.3 is 5.97 Å². The predicted octanol–water partition coefficient (Wildman–Crippen LogP) is 2.49. The minimum atomic E-state index is -1.06. The number of hydrogen-bond donors (Lipinski definition) is 1. The molecule has 0 bridgehead atoms. The number of aromatic nitrogens is 3. The van der Waals surface area contributed by atoms with Gasteiger partial charge in [0, 0.05) is 43.3 Å². The molecule has 1 saturated heterocycles. The fourth-order valence-corrected chi connectivity index (χ4v) is 3.27. The Morgan fingerprint density at radius 3 is 2.58 bits per heavy atom. The van der Waals surface area contributed by atoms with Crippen LogP contribution in [0.2, 0.25) is 0 Å². The Bertz CT molecular complexity index is 930. The van der Waals surface area contributed by atoms with Gasteiger partial charge in [0.2, 0.25) is 5.78 Å². The minimum absolute atomic E-state index is 0.00988. The molecule has 134 valence electrons. The zero-order valence-corrected chi connectivity index (χ0v) is 14.5. The van der Waals surface area contributed by atoms with Gasteiger partial charge in [-0.3, -0.25) is 9.30 Å². The third-order valence-electron chi connectivity index (χ3n) is 4.85. The van der Waals surface area contributed by atoms with E-state index in [9.17, 15) is 4.79 Å². The van der Waals surface area contributed by atoms with Crippen LogP contribution in [0.5, 0.6) is 0 Å². The SMILES string of the molecule is C[C@@H](c1ccc(-c2cnc3nc(C(=O)O)cn3c2)cc1)N1CCOCC1. The maximum atomic E-state index is 11.0. The number of hydrogen-bond acceptors (Lipinski definition) is 5. The molecule has 0 radical (unpaired) electrons. The molecule has 0 amide bonds. The lowest BCUT2D eigenvalue weighted by molar-refractivity contribution is 0.0198. The van der Waals surface area contributed by atoms with E-state index in [0.29, 0.717) is 11.8 Å². The number of rotatable bonds is 4. The van der Waals surface area contributed by atoms with Crippen molar-refractivity contribution in [3.8, 4) is 11.1 Å². The molecule has 1 aliphatic rings. The summed E-state index contributed by atoms with van der Waals surface area (Å²) in [5, 5.41) is 9.05. The molecule has 0 aliphatic carbocycles. The van der Waals surface area contributed by atoms with Crippen molar-refractivity contribution in [2.45, 2.75) is 13.0 Å². The predicted molar refractivity (Wildman–Crippen MR) is 96.2 cm³/mol. The van der Waals surface area contributed by atoms with Crippen molar-refractivity contribution in [1.82, 2.24) is 19.3 Å². The van der Waals surface area contributed by atoms with Crippen LogP contribution in [0.25, 0.3) is 16.9 Å². The second-order valence-electron chi connectivity index (χ2n) is 6.43. The molecule has 1 aromatic carbocycles. The van der Waals surface area contributed by atoms with Crippen molar-refractivity contribution in [2.24, 2.45) is 0 Å². The van der Waals surface area contributed by atoms with Crippen molar-refractivity contribution < 1.29 is 14.6 Å². The highest BCUT2D eigenvalue weighted by Crippen LogP contribution is 2.25. The lowest BCUT2D eigenvalue weighted by Gasteiger charge is -2.32. The fraction of sp³-hybridized carbons (Fsp3) is 0.316. The molecule has 0 unspecified atom stereocenters. The molecule has 1 N–H and O–H groups in total. The van der Waals surface area contributed by atoms with E-state index in [1.165, 1.54) is 11.8 Å². The van der Waals surface area contributed by atoms with E-state index in [2.05, 4.69) is 46.1 Å². The molecule has 1 aliphatic heterocycles. The molecule has 0 spiro atoms. The summed E-state index contributed by atoms with van der Waals surface area (Å²) < 4.78 is 7.06. The molecule has 0 saturated carbocycles. The lowest BCUT2D eigenvalue weighted by Crippen LogP contribution is -2.37. The third kappa shape index (κ3) is 3.18. The summed E-state index contributed by atoms with van der Waals surface area (Å²) in [5.41, 5.74) is 3.20. The van der Waals surface area contributed by atoms with Crippen molar-refractivity contribution in [2.75, 3.05) is 26.3 Å². The van der Waals surface area contributed by atoms with Gasteiger partial charge in [-0.15, -0.1) is 0 Å². The Morgan fingerprint density at radius 2 is 1.88 bits per heavy atom. The highest BCUT2D eigenvalue weighted by Gasteiger charge is 2.18. The number of carbonyl (C=O) groups is 1. The number of morpholine rings is 1. The maximum absolute atomic E-state index is 11.0. The first-order chi connectivity index (χ1) is 12.6. The van der Waals surface area contributed by atoms with Crippen LogP contribution in [0, 0.1) is 0 Å². The van der Waals surface area contributed by atoms with E-state index >= 15 is 0 Å². The number of nitrogens with zero attached hydrogens (tertiary/aromatic N) is 4. The van der Waals surface area contributed by atoms with Gasteiger partial charge in [0.25, 0.3) is 0 Å². The Kier molecular flexibility index (Phi) is 4.40. The van der Waals surface area contributed by atoms with Gasteiger partial charge in [0.1, 0.15) is 0 Å². The van der Waals surface area contributed by atoms with Gasteiger partial charge < -0.3 is 9.84 Å². The highest BCUT2D eigenvalue weighted by molar-refractivity contribution is 5.85. The Morgan fingerprint density at radius 1 is 1.15 bits per heavy atom. The Balaban J connectivity index is 1.58. The normalized spacial score (nSPS) is 16.7. The Hall–Kier alpha value is -2.77. The molecule has 3 heterocycles. The smallest absolute Gasteiger partial charge is 0.356 e. The lowest BCUT2D eigenvalue weighted by atomic mass is 10.0. The second-order valence-corrected chi connectivity index (χ2v) is 6.43. The van der Waals surface area contributed by atoms with Crippen LogP contribution in [0.4, 0.5) is 0 Å². The zero-order valence-electron chi connectivity index (χ0n) is 14.5. The number of fused-ring (bicyclic) bond motifs is 1. The molecule has 2 aromatic heterocycles. The van der Waals surface area contributed by atoms with Crippen LogP contribution in [0.3, 0.4) is 0 Å². The van der Waals surface area contributed by atoms with Crippen molar-refractivity contribution in [3.05, 3.63) is 54.1 Å². The number of aromatic carboxylic acids is 1. The van der Waals surface area contributed by atoms with Crippen LogP contribution < -0.4 is 0 Å². The summed E-state index contributed by atoms with van der Waals surface area (Å²) in [5.74, 6) is -0.679. The number of benzene rings is 1. The zero-order chi connectivity index (χ0) is 18.1. The van der Waals surface area contributed by atoms with E-state index in [1.54, 1.807) is 10.6 Å². The van der Waals surface area contributed by atoms with E-state index in [-0.39, 0.29) is 5.69 Å². The van der Waals surface area contributed by atoms with Crippen LogP contribution >= 0.6 is 0 Å². The van der Waals surface area contributed by atoms with E-state index < -0.39 is 5.97 Å². The number of carboxylic acids is 1. The average Bonchev–Trinajstić information content (AvgIpc) is 3.12. The van der Waals surface area contributed by atoms with Gasteiger partial charge in [0.15, 0.2) is 5.69 Å². The molecular weight excluding hydrogens is 332 g/mol. The van der Waals surface area contributed by atoms with Gasteiger partial charge in [-0.1, -0.05) is 24.3 Å². The van der Waals surface area contributed by atoms with Crippen LogP contribution in [0.1, 0.15) is 29.0 Å². The number of imidazole rings is 1. The topological polar surface area (TPSA) is 80.0 Å². The first-order valence-electron chi connectivity index (χ1n) is 8.62. The first kappa shape index (κ1) is 16.7. The second kappa shape index (κ2) is 6.86. The largest absolute Gasteiger partial charge is 0.476 e. The third-order valence-corrected chi connectivity index (χ3v) is 4.85. The first-order valence-corrected chi connectivity index (χ1v) is 8.62. The quantitative estimate of drug-likeness (QED) is 0.777. The molecule has 7 nitrogen and oxygen atoms in total. The summed E-state index contributed by atoms with van der Waals surface area (Å²) in [6.07, 6.45) is 5.04. The van der Waals surface area contributed by atoms with Crippen LogP contribution in [-0.4, -0.2) is 56.6 Å². The Labute approximate surface area is 150 Å². The summed E-state index contributed by atoms with van der Waals surface area (Å²) in [4.78, 5) is 21.7. The molecule has 26 heavy (non-hydrogen) atoms. The molecule has 1 atom stereocenters. The van der Waals surface area contributed by atoms with Gasteiger partial charge in [0.05, 0.1) is 13.2 Å². The van der Waals surface area contributed by atoms with Crippen molar-refractivity contribution in [1.29, 1.82) is 0 Å². The molecule has 7 heteroatoms. The summed E-state index contributed by atoms with van der Waals surface area (Å²) in [6.45, 7) is 5.70. The van der Waals surface area contributed by atoms with Crippen LogP contribution in [-0.2, 0) is 4.74 Å². The number of ether oxygens (including phenoxy) is 1. The standard InChI is InChI=1S/C19H20N4O3/c1-13(22-6-8-26-9-7-22)14-2-4-15(5-3-14)16-10-20-19-21-17(18(24)25)12-23(19)11-16/h2-5,10-13H,6-9H2,1H3,(H,24,25)/t13-/m0/s1. The summed E-state index contributed by atoms with van der Waals surface area (Å²) in [7, 11) is 0. The van der Waals surface area contributed by atoms with E-state index in [4.69, 9.17) is 9.84 Å². The van der Waals surface area contributed by atoms with E-state index in [0.717, 1.165) is 37.4 Å². The molecule has 4 rings (SSSR count). The molecule has 3 aromatic rings. The van der Waals surface area contributed by atoms with Gasteiger partial charge in [-0.25, -0.2) is 14.8 Å². The van der Waals surface area contributed by atoms with Gasteiger partial charge in [-0.05, 0) is 18.1 Å². The fourth-order valence-electron chi connectivity index (χ4n) is 3.27. The van der Waals surface area contributed by atoms with Crippen molar-refractivity contribution >= 4 is 11.7 Å². The number of carboxylic acid groups (broad SMARTS) is 1. The highest BCUT2D eigenvalue weighted by atomic mass is 16.5. The van der Waals surface area contributed by atoms with Crippen LogP contribution in [0.15, 0.2) is 42.9 Å². The monoisotopic (exact) mass is 352 g/mol. The van der Waals surface area contributed by atoms with Crippen molar-refractivity contribution in [3.63, 3.8) is 0 Å². The van der Waals surface area contributed by atoms with E-state index in [1.807, 2.05) is 6.20 Å². The maximum Gasteiger partial charge on any atom is 0.356 e. The summed E-state index contributed by atoms with van der Waals surface area (Å²) in [6, 6.07) is 8.77. The molecule has 1 fully saturated rings. The summed E-state index contributed by atoms with van der Waals surface area (Å²) >= 11 is 0.